The molecule has 2 aromatic carbocycles. The number of likely N-dealkylation sites (N-methyl/N-ethyl adjacent to an activating group) is 1. The number of anilines is 1. The first-order valence-corrected chi connectivity index (χ1v) is 8.50. The molecule has 1 aliphatic rings. The summed E-state index contributed by atoms with van der Waals surface area (Å²) in [5.41, 5.74) is 1.61. The molecule has 2 amide bonds. The number of nitrogens with zero attached hydrogens (tertiary/aromatic N) is 1. The van der Waals surface area contributed by atoms with Crippen molar-refractivity contribution in [1.82, 2.24) is 4.90 Å². The molecule has 0 fully saturated rings. The molecular weight excluding hydrogens is 332 g/mol. The second kappa shape index (κ2) is 7.91. The third-order valence-corrected chi connectivity index (χ3v) is 4.10. The summed E-state index contributed by atoms with van der Waals surface area (Å²) < 4.78 is 11.6. The van der Waals surface area contributed by atoms with Gasteiger partial charge in [-0.15, -0.1) is 0 Å². The molecule has 136 valence electrons. The van der Waals surface area contributed by atoms with Crippen LogP contribution in [-0.2, 0) is 16.0 Å². The Morgan fingerprint density at radius 2 is 1.81 bits per heavy atom. The zero-order valence-electron chi connectivity index (χ0n) is 14.9. The second-order valence-electron chi connectivity index (χ2n) is 6.33. The summed E-state index contributed by atoms with van der Waals surface area (Å²) in [7, 11) is 1.76. The number of benzene rings is 2. The lowest BCUT2D eigenvalue weighted by molar-refractivity contribution is -0.130. The topological polar surface area (TPSA) is 67.9 Å². The maximum Gasteiger partial charge on any atom is 0.226 e. The van der Waals surface area contributed by atoms with E-state index in [-0.39, 0.29) is 17.9 Å². The van der Waals surface area contributed by atoms with Crippen molar-refractivity contribution in [3.8, 4) is 11.5 Å². The summed E-state index contributed by atoms with van der Waals surface area (Å²) in [6.07, 6.45) is 0.0991. The number of para-hydroxylation sites is 2. The van der Waals surface area contributed by atoms with Crippen LogP contribution in [0.5, 0.6) is 11.5 Å². The molecule has 0 aromatic heterocycles. The van der Waals surface area contributed by atoms with Gasteiger partial charge in [0.05, 0.1) is 13.0 Å². The molecule has 0 unspecified atom stereocenters. The fraction of sp³-hybridized carbons (Fsp3) is 0.300. The Morgan fingerprint density at radius 3 is 2.50 bits per heavy atom. The highest BCUT2D eigenvalue weighted by Crippen LogP contribution is 2.30. The van der Waals surface area contributed by atoms with E-state index in [0.29, 0.717) is 31.0 Å². The summed E-state index contributed by atoms with van der Waals surface area (Å²) in [6.45, 7) is 2.33. The van der Waals surface area contributed by atoms with Crippen molar-refractivity contribution in [3.63, 3.8) is 0 Å². The maximum absolute atomic E-state index is 12.5. The van der Waals surface area contributed by atoms with Gasteiger partial charge < -0.3 is 19.7 Å². The van der Waals surface area contributed by atoms with E-state index < -0.39 is 0 Å². The minimum atomic E-state index is -0.194. The van der Waals surface area contributed by atoms with E-state index in [9.17, 15) is 9.59 Å². The van der Waals surface area contributed by atoms with Gasteiger partial charge in [-0.2, -0.15) is 0 Å². The van der Waals surface area contributed by atoms with Crippen molar-refractivity contribution in [3.05, 3.63) is 54.1 Å². The van der Waals surface area contributed by atoms with Crippen molar-refractivity contribution in [2.45, 2.75) is 19.4 Å². The monoisotopic (exact) mass is 354 g/mol. The van der Waals surface area contributed by atoms with Crippen molar-refractivity contribution in [2.24, 2.45) is 0 Å². The van der Waals surface area contributed by atoms with Crippen LogP contribution in [0.4, 0.5) is 5.69 Å². The number of rotatable bonds is 5. The molecule has 0 saturated heterocycles. The summed E-state index contributed by atoms with van der Waals surface area (Å²) in [5, 5.41) is 2.71. The highest BCUT2D eigenvalue weighted by molar-refractivity contribution is 5.88. The highest BCUT2D eigenvalue weighted by Gasteiger charge is 2.23. The van der Waals surface area contributed by atoms with Gasteiger partial charge >= 0.3 is 0 Å². The number of carbonyl (C=O) groups is 2. The summed E-state index contributed by atoms with van der Waals surface area (Å²) in [5.74, 6) is 1.32. The molecule has 1 aliphatic heterocycles. The van der Waals surface area contributed by atoms with Crippen molar-refractivity contribution in [2.75, 3.05) is 25.5 Å². The normalized spacial score (nSPS) is 15.2. The van der Waals surface area contributed by atoms with Crippen LogP contribution in [0.25, 0.3) is 0 Å². The fourth-order valence-corrected chi connectivity index (χ4v) is 2.78. The predicted molar refractivity (Wildman–Crippen MR) is 98.4 cm³/mol. The second-order valence-corrected chi connectivity index (χ2v) is 6.33. The first-order valence-electron chi connectivity index (χ1n) is 8.50. The lowest BCUT2D eigenvalue weighted by Gasteiger charge is -2.29. The molecule has 3 rings (SSSR count). The number of fused-ring (bicyclic) bond motifs is 1. The van der Waals surface area contributed by atoms with E-state index in [1.165, 1.54) is 6.92 Å². The van der Waals surface area contributed by atoms with Gasteiger partial charge in [0.25, 0.3) is 0 Å². The Bertz CT molecular complexity index is 789. The largest absolute Gasteiger partial charge is 0.486 e. The smallest absolute Gasteiger partial charge is 0.226 e. The van der Waals surface area contributed by atoms with Crippen LogP contribution in [-0.4, -0.2) is 43.0 Å². The zero-order chi connectivity index (χ0) is 18.5. The molecule has 2 aromatic rings. The number of ether oxygens (including phenoxy) is 2. The lowest BCUT2D eigenvalue weighted by atomic mass is 10.1. The standard InChI is InChI=1S/C20H22N2O4/c1-14(23)21-16-9-7-15(8-10-16)11-20(24)22(2)12-17-13-25-18-5-3-4-6-19(18)26-17/h3-10,17H,11-13H2,1-2H3,(H,21,23)/t17-/m1/s1. The van der Waals surface area contributed by atoms with Gasteiger partial charge in [0, 0.05) is 19.7 Å². The Kier molecular flexibility index (Phi) is 5.41. The molecule has 0 saturated carbocycles. The fourth-order valence-electron chi connectivity index (χ4n) is 2.78. The maximum atomic E-state index is 12.5. The average Bonchev–Trinajstić information content (AvgIpc) is 2.62. The first-order chi connectivity index (χ1) is 12.5. The Labute approximate surface area is 152 Å². The summed E-state index contributed by atoms with van der Waals surface area (Å²) >= 11 is 0. The Morgan fingerprint density at radius 1 is 1.12 bits per heavy atom. The quantitative estimate of drug-likeness (QED) is 0.896. The summed E-state index contributed by atoms with van der Waals surface area (Å²) in [4.78, 5) is 25.1. The van der Waals surface area contributed by atoms with Crippen molar-refractivity contribution >= 4 is 17.5 Å². The molecule has 6 nitrogen and oxygen atoms in total. The number of amides is 2. The molecule has 6 heteroatoms. The van der Waals surface area contributed by atoms with Gasteiger partial charge in [0.2, 0.25) is 11.8 Å². The van der Waals surface area contributed by atoms with Crippen LogP contribution in [0.15, 0.2) is 48.5 Å². The highest BCUT2D eigenvalue weighted by atomic mass is 16.6. The van der Waals surface area contributed by atoms with Crippen LogP contribution in [0.3, 0.4) is 0 Å². The third-order valence-electron chi connectivity index (χ3n) is 4.10. The molecule has 0 bridgehead atoms. The van der Waals surface area contributed by atoms with Gasteiger partial charge in [-0.05, 0) is 29.8 Å². The van der Waals surface area contributed by atoms with Crippen molar-refractivity contribution in [1.29, 1.82) is 0 Å². The number of nitrogens with one attached hydrogen (secondary N) is 1. The average molecular weight is 354 g/mol. The molecule has 26 heavy (non-hydrogen) atoms. The summed E-state index contributed by atoms with van der Waals surface area (Å²) in [6, 6.07) is 14.8. The van der Waals surface area contributed by atoms with E-state index in [1.807, 2.05) is 36.4 Å². The van der Waals surface area contributed by atoms with E-state index >= 15 is 0 Å². The first kappa shape index (κ1) is 17.8. The van der Waals surface area contributed by atoms with Gasteiger partial charge in [-0.25, -0.2) is 0 Å². The van der Waals surface area contributed by atoms with E-state index in [2.05, 4.69) is 5.32 Å². The Balaban J connectivity index is 1.53. The number of hydrogen-bond acceptors (Lipinski definition) is 4. The van der Waals surface area contributed by atoms with Gasteiger partial charge in [-0.3, -0.25) is 9.59 Å². The molecule has 1 atom stereocenters. The van der Waals surface area contributed by atoms with E-state index in [1.54, 1.807) is 24.1 Å². The van der Waals surface area contributed by atoms with Crippen LogP contribution in [0.1, 0.15) is 12.5 Å². The van der Waals surface area contributed by atoms with Crippen LogP contribution < -0.4 is 14.8 Å². The SMILES string of the molecule is CC(=O)Nc1ccc(CC(=O)N(C)C[C@@H]2COc3ccccc3O2)cc1. The minimum absolute atomic E-state index is 0.000245. The zero-order valence-corrected chi connectivity index (χ0v) is 14.9. The van der Waals surface area contributed by atoms with E-state index in [4.69, 9.17) is 9.47 Å². The lowest BCUT2D eigenvalue weighted by Crippen LogP contribution is -2.42. The molecule has 0 radical (unpaired) electrons. The minimum Gasteiger partial charge on any atom is -0.486 e. The third kappa shape index (κ3) is 4.53. The van der Waals surface area contributed by atoms with E-state index in [0.717, 1.165) is 11.3 Å². The molecular formula is C20H22N2O4. The van der Waals surface area contributed by atoms with Gasteiger partial charge in [-0.1, -0.05) is 24.3 Å². The van der Waals surface area contributed by atoms with Crippen LogP contribution >= 0.6 is 0 Å². The van der Waals surface area contributed by atoms with Gasteiger partial charge in [0.1, 0.15) is 6.61 Å². The van der Waals surface area contributed by atoms with Crippen LogP contribution in [0.2, 0.25) is 0 Å². The molecule has 0 aliphatic carbocycles. The van der Waals surface area contributed by atoms with Crippen LogP contribution in [0, 0.1) is 0 Å². The number of hydrogen-bond donors (Lipinski definition) is 1. The predicted octanol–water partition coefficient (Wildman–Crippen LogP) is 2.49. The van der Waals surface area contributed by atoms with Crippen molar-refractivity contribution < 1.29 is 19.1 Å². The molecule has 1 heterocycles. The Hall–Kier alpha value is -3.02. The number of carbonyl (C=O) groups excluding carboxylic acids is 2. The molecule has 0 spiro atoms. The molecule has 1 N–H and O–H groups in total. The van der Waals surface area contributed by atoms with Gasteiger partial charge in [0.15, 0.2) is 17.6 Å².